The molecule has 0 saturated heterocycles. The van der Waals surface area contributed by atoms with Crippen LogP contribution in [0.5, 0.6) is 11.5 Å². The number of nitrogens with one attached hydrogen (secondary N) is 1. The first-order valence-corrected chi connectivity index (χ1v) is 7.34. The predicted molar refractivity (Wildman–Crippen MR) is 87.2 cm³/mol. The molecule has 0 saturated carbocycles. The summed E-state index contributed by atoms with van der Waals surface area (Å²) in [6.45, 7) is 1.16. The van der Waals surface area contributed by atoms with Crippen molar-refractivity contribution in [3.63, 3.8) is 0 Å². The summed E-state index contributed by atoms with van der Waals surface area (Å²) in [5.74, 6) is -1.02. The second-order valence-electron chi connectivity index (χ2n) is 4.77. The van der Waals surface area contributed by atoms with Crippen molar-refractivity contribution in [1.82, 2.24) is 5.32 Å². The van der Waals surface area contributed by atoms with Crippen LogP contribution in [0.4, 0.5) is 4.79 Å². The van der Waals surface area contributed by atoms with E-state index < -0.39 is 23.9 Å². The summed E-state index contributed by atoms with van der Waals surface area (Å²) in [7, 11) is 0. The lowest BCUT2D eigenvalue weighted by Gasteiger charge is -2.14. The fraction of sp³-hybridized carbons (Fsp3) is 0.118. The molecule has 1 unspecified atom stereocenters. The molecule has 2 aromatic rings. The van der Waals surface area contributed by atoms with Gasteiger partial charge in [-0.25, -0.2) is 9.59 Å². The molecule has 0 aliphatic heterocycles. The SMILES string of the molecule is CC(=O)C(NC(=O)Oc1ccccc1)C(=O)Oc1ccc(Cl)cc1. The molecule has 0 spiro atoms. The van der Waals surface area contributed by atoms with Gasteiger partial charge in [0.2, 0.25) is 0 Å². The highest BCUT2D eigenvalue weighted by molar-refractivity contribution is 6.30. The van der Waals surface area contributed by atoms with E-state index in [4.69, 9.17) is 21.1 Å². The third kappa shape index (κ3) is 5.10. The van der Waals surface area contributed by atoms with E-state index in [-0.39, 0.29) is 11.5 Å². The number of rotatable bonds is 5. The minimum Gasteiger partial charge on any atom is -0.425 e. The third-order valence-electron chi connectivity index (χ3n) is 2.89. The molecule has 0 aromatic heterocycles. The lowest BCUT2D eigenvalue weighted by atomic mass is 10.2. The molecule has 0 radical (unpaired) electrons. The Labute approximate surface area is 143 Å². The highest BCUT2D eigenvalue weighted by atomic mass is 35.5. The molecule has 0 bridgehead atoms. The number of carbonyl (C=O) groups excluding carboxylic acids is 3. The molecule has 1 N–H and O–H groups in total. The van der Waals surface area contributed by atoms with Gasteiger partial charge in [0.25, 0.3) is 0 Å². The number of ketones is 1. The molecule has 2 aromatic carbocycles. The van der Waals surface area contributed by atoms with E-state index in [0.29, 0.717) is 5.02 Å². The average Bonchev–Trinajstić information content (AvgIpc) is 2.55. The minimum atomic E-state index is -1.48. The lowest BCUT2D eigenvalue weighted by Crippen LogP contribution is -2.48. The van der Waals surface area contributed by atoms with E-state index in [9.17, 15) is 14.4 Å². The molecule has 0 aliphatic rings. The van der Waals surface area contributed by atoms with Gasteiger partial charge in [-0.15, -0.1) is 0 Å². The summed E-state index contributed by atoms with van der Waals surface area (Å²) in [6.07, 6.45) is -0.936. The molecule has 6 nitrogen and oxygen atoms in total. The number of hydrogen-bond acceptors (Lipinski definition) is 5. The van der Waals surface area contributed by atoms with Gasteiger partial charge >= 0.3 is 12.1 Å². The summed E-state index contributed by atoms with van der Waals surface area (Å²) in [6, 6.07) is 12.8. The highest BCUT2D eigenvalue weighted by Crippen LogP contribution is 2.16. The summed E-state index contributed by atoms with van der Waals surface area (Å²) < 4.78 is 10.0. The number of esters is 1. The Morgan fingerprint density at radius 3 is 2.08 bits per heavy atom. The van der Waals surface area contributed by atoms with Crippen molar-refractivity contribution in [1.29, 1.82) is 0 Å². The summed E-state index contributed by atoms with van der Waals surface area (Å²) in [4.78, 5) is 35.5. The molecule has 124 valence electrons. The molecule has 2 rings (SSSR count). The van der Waals surface area contributed by atoms with Gasteiger partial charge < -0.3 is 14.8 Å². The number of carbonyl (C=O) groups is 3. The Morgan fingerprint density at radius 2 is 1.50 bits per heavy atom. The zero-order chi connectivity index (χ0) is 17.5. The Kier molecular flexibility index (Phi) is 5.92. The van der Waals surface area contributed by atoms with Crippen LogP contribution >= 0.6 is 11.6 Å². The van der Waals surface area contributed by atoms with E-state index in [1.54, 1.807) is 30.3 Å². The van der Waals surface area contributed by atoms with E-state index in [1.807, 2.05) is 0 Å². The van der Waals surface area contributed by atoms with Gasteiger partial charge in [0.15, 0.2) is 11.8 Å². The van der Waals surface area contributed by atoms with Gasteiger partial charge in [-0.05, 0) is 43.3 Å². The average molecular weight is 348 g/mol. The number of Topliss-reactive ketones (excluding diaryl/α,β-unsaturated/α-hetero) is 1. The summed E-state index contributed by atoms with van der Waals surface area (Å²) in [5.41, 5.74) is 0. The van der Waals surface area contributed by atoms with Gasteiger partial charge in [0.05, 0.1) is 0 Å². The molecule has 0 fully saturated rings. The van der Waals surface area contributed by atoms with Gasteiger partial charge in [-0.1, -0.05) is 29.8 Å². The number of hydrogen-bond donors (Lipinski definition) is 1. The first kappa shape index (κ1) is 17.5. The van der Waals surface area contributed by atoms with Crippen molar-refractivity contribution in [2.24, 2.45) is 0 Å². The van der Waals surface area contributed by atoms with Crippen LogP contribution in [0.3, 0.4) is 0 Å². The number of amides is 1. The fourth-order valence-electron chi connectivity index (χ4n) is 1.75. The van der Waals surface area contributed by atoms with Crippen molar-refractivity contribution in [2.45, 2.75) is 13.0 Å². The zero-order valence-electron chi connectivity index (χ0n) is 12.7. The van der Waals surface area contributed by atoms with Crippen LogP contribution in [0.2, 0.25) is 5.02 Å². The maximum Gasteiger partial charge on any atom is 0.413 e. The predicted octanol–water partition coefficient (Wildman–Crippen LogP) is 2.99. The number of ether oxygens (including phenoxy) is 2. The molecular weight excluding hydrogens is 334 g/mol. The van der Waals surface area contributed by atoms with Crippen LogP contribution in [0.15, 0.2) is 54.6 Å². The molecule has 0 aliphatic carbocycles. The van der Waals surface area contributed by atoms with E-state index in [0.717, 1.165) is 6.92 Å². The smallest absolute Gasteiger partial charge is 0.413 e. The first-order valence-electron chi connectivity index (χ1n) is 6.97. The first-order chi connectivity index (χ1) is 11.5. The number of halogens is 1. The van der Waals surface area contributed by atoms with Crippen molar-refractivity contribution < 1.29 is 23.9 Å². The normalized spacial score (nSPS) is 11.2. The van der Waals surface area contributed by atoms with E-state index in [2.05, 4.69) is 5.32 Å². The second kappa shape index (κ2) is 8.12. The Bertz CT molecular complexity index is 730. The van der Waals surface area contributed by atoms with Crippen LogP contribution in [0.25, 0.3) is 0 Å². The maximum atomic E-state index is 12.1. The van der Waals surface area contributed by atoms with E-state index in [1.165, 1.54) is 24.3 Å². The molecule has 7 heteroatoms. The largest absolute Gasteiger partial charge is 0.425 e. The topological polar surface area (TPSA) is 81.7 Å². The summed E-state index contributed by atoms with van der Waals surface area (Å²) >= 11 is 5.74. The van der Waals surface area contributed by atoms with Crippen molar-refractivity contribution in [3.05, 3.63) is 59.6 Å². The van der Waals surface area contributed by atoms with Crippen LogP contribution in [0, 0.1) is 0 Å². The Hall–Kier alpha value is -2.86. The fourth-order valence-corrected chi connectivity index (χ4v) is 1.87. The van der Waals surface area contributed by atoms with Crippen LogP contribution in [-0.2, 0) is 9.59 Å². The van der Waals surface area contributed by atoms with Crippen LogP contribution < -0.4 is 14.8 Å². The van der Waals surface area contributed by atoms with Crippen molar-refractivity contribution in [3.8, 4) is 11.5 Å². The number of para-hydroxylation sites is 1. The third-order valence-corrected chi connectivity index (χ3v) is 3.14. The van der Waals surface area contributed by atoms with Gasteiger partial charge in [0.1, 0.15) is 11.5 Å². The summed E-state index contributed by atoms with van der Waals surface area (Å²) in [5, 5.41) is 2.66. The van der Waals surface area contributed by atoms with Gasteiger partial charge in [-0.3, -0.25) is 4.79 Å². The van der Waals surface area contributed by atoms with Crippen LogP contribution in [-0.4, -0.2) is 23.9 Å². The number of benzene rings is 2. The molecule has 1 atom stereocenters. The molecular formula is C17H14ClNO5. The standard InChI is InChI=1S/C17H14ClNO5/c1-11(20)15(16(21)23-14-9-7-12(18)8-10-14)19-17(22)24-13-5-3-2-4-6-13/h2-10,15H,1H3,(H,19,22). The molecule has 24 heavy (non-hydrogen) atoms. The monoisotopic (exact) mass is 347 g/mol. The zero-order valence-corrected chi connectivity index (χ0v) is 13.4. The minimum absolute atomic E-state index is 0.203. The second-order valence-corrected chi connectivity index (χ2v) is 5.20. The van der Waals surface area contributed by atoms with Gasteiger partial charge in [0, 0.05) is 5.02 Å². The maximum absolute atomic E-state index is 12.1. The molecule has 0 heterocycles. The highest BCUT2D eigenvalue weighted by Gasteiger charge is 2.28. The Balaban J connectivity index is 2.00. The quantitative estimate of drug-likeness (QED) is 0.511. The van der Waals surface area contributed by atoms with Crippen LogP contribution in [0.1, 0.15) is 6.92 Å². The van der Waals surface area contributed by atoms with Gasteiger partial charge in [-0.2, -0.15) is 0 Å². The Morgan fingerprint density at radius 1 is 0.917 bits per heavy atom. The molecule has 1 amide bonds. The van der Waals surface area contributed by atoms with Crippen molar-refractivity contribution in [2.75, 3.05) is 0 Å². The van der Waals surface area contributed by atoms with E-state index >= 15 is 0 Å². The van der Waals surface area contributed by atoms with Crippen molar-refractivity contribution >= 4 is 29.4 Å². The lowest BCUT2D eigenvalue weighted by molar-refractivity contribution is -0.140.